The zero-order valence-corrected chi connectivity index (χ0v) is 14.0. The summed E-state index contributed by atoms with van der Waals surface area (Å²) < 4.78 is 15.6. The van der Waals surface area contributed by atoms with Gasteiger partial charge in [0.1, 0.15) is 0 Å². The molecule has 128 valence electrons. The Labute approximate surface area is 135 Å². The monoisotopic (exact) mass is 325 g/mol. The third kappa shape index (κ3) is 5.33. The molecule has 8 heteroatoms. The molecule has 0 unspecified atom stereocenters. The number of amides is 2. The molecule has 0 aliphatic carbocycles. The fourth-order valence-corrected chi connectivity index (χ4v) is 1.74. The molecule has 8 nitrogen and oxygen atoms in total. The number of carbonyl (C=O) groups is 2. The van der Waals surface area contributed by atoms with Gasteiger partial charge in [0, 0.05) is 11.6 Å². The van der Waals surface area contributed by atoms with Crippen LogP contribution in [0.15, 0.2) is 12.1 Å². The molecule has 0 atom stereocenters. The summed E-state index contributed by atoms with van der Waals surface area (Å²) in [5.41, 5.74) is 5.53. The number of hydrazine groups is 1. The highest BCUT2D eigenvalue weighted by Crippen LogP contribution is 2.38. The standard InChI is InChI=1S/C15H23N3O5/c1-9(2)17-18-13(19)8-16-15(20)10-6-11(21-3)14(23-5)12(7-10)22-4/h6-7,9,17H,8H2,1-5H3,(H,16,20)(H,18,19). The Morgan fingerprint density at radius 2 is 1.61 bits per heavy atom. The third-order valence-corrected chi connectivity index (χ3v) is 2.84. The lowest BCUT2D eigenvalue weighted by Crippen LogP contribution is -2.46. The Balaban J connectivity index is 2.78. The van der Waals surface area contributed by atoms with Gasteiger partial charge < -0.3 is 19.5 Å². The fourth-order valence-electron chi connectivity index (χ4n) is 1.74. The molecule has 0 radical (unpaired) electrons. The highest BCUT2D eigenvalue weighted by molar-refractivity contribution is 5.97. The second kappa shape index (κ2) is 8.84. The quantitative estimate of drug-likeness (QED) is 0.601. The van der Waals surface area contributed by atoms with Crippen LogP contribution in [-0.2, 0) is 4.79 Å². The van der Waals surface area contributed by atoms with E-state index in [1.165, 1.54) is 33.5 Å². The first kappa shape index (κ1) is 18.6. The predicted molar refractivity (Wildman–Crippen MR) is 84.8 cm³/mol. The van der Waals surface area contributed by atoms with Gasteiger partial charge in [-0.05, 0) is 26.0 Å². The molecule has 0 bridgehead atoms. The predicted octanol–water partition coefficient (Wildman–Crippen LogP) is 0.471. The number of nitrogens with one attached hydrogen (secondary N) is 3. The fraction of sp³-hybridized carbons (Fsp3) is 0.467. The van der Waals surface area contributed by atoms with Gasteiger partial charge in [0.05, 0.1) is 27.9 Å². The van der Waals surface area contributed by atoms with Gasteiger partial charge in [-0.1, -0.05) is 0 Å². The molecule has 0 saturated heterocycles. The van der Waals surface area contributed by atoms with Gasteiger partial charge in [0.25, 0.3) is 11.8 Å². The maximum Gasteiger partial charge on any atom is 0.253 e. The van der Waals surface area contributed by atoms with Crippen molar-refractivity contribution in [1.82, 2.24) is 16.2 Å². The van der Waals surface area contributed by atoms with Crippen LogP contribution in [0.1, 0.15) is 24.2 Å². The molecule has 3 N–H and O–H groups in total. The maximum atomic E-state index is 12.2. The van der Waals surface area contributed by atoms with Crippen molar-refractivity contribution in [1.29, 1.82) is 0 Å². The number of ether oxygens (including phenoxy) is 3. The Morgan fingerprint density at radius 1 is 1.04 bits per heavy atom. The third-order valence-electron chi connectivity index (χ3n) is 2.84. The molecule has 1 aromatic rings. The van der Waals surface area contributed by atoms with E-state index in [-0.39, 0.29) is 18.5 Å². The normalized spacial score (nSPS) is 10.2. The molecule has 0 aliphatic heterocycles. The van der Waals surface area contributed by atoms with E-state index in [0.29, 0.717) is 22.8 Å². The summed E-state index contributed by atoms with van der Waals surface area (Å²) in [5, 5.41) is 2.52. The van der Waals surface area contributed by atoms with E-state index in [2.05, 4.69) is 16.2 Å². The Kier molecular flexibility index (Phi) is 7.14. The van der Waals surface area contributed by atoms with Crippen LogP contribution >= 0.6 is 0 Å². The van der Waals surface area contributed by atoms with Crippen LogP contribution in [0.25, 0.3) is 0 Å². The van der Waals surface area contributed by atoms with Gasteiger partial charge >= 0.3 is 0 Å². The average Bonchev–Trinajstić information content (AvgIpc) is 2.56. The van der Waals surface area contributed by atoms with Crippen LogP contribution in [0.3, 0.4) is 0 Å². The van der Waals surface area contributed by atoms with Crippen molar-refractivity contribution < 1.29 is 23.8 Å². The second-order valence-electron chi connectivity index (χ2n) is 4.94. The summed E-state index contributed by atoms with van der Waals surface area (Å²) in [5.74, 6) is 0.347. The number of benzene rings is 1. The van der Waals surface area contributed by atoms with E-state index >= 15 is 0 Å². The van der Waals surface area contributed by atoms with Gasteiger partial charge in [-0.2, -0.15) is 0 Å². The highest BCUT2D eigenvalue weighted by Gasteiger charge is 2.17. The minimum absolute atomic E-state index is 0.102. The van der Waals surface area contributed by atoms with Crippen LogP contribution in [0.2, 0.25) is 0 Å². The lowest BCUT2D eigenvalue weighted by Gasteiger charge is -2.14. The van der Waals surface area contributed by atoms with Crippen molar-refractivity contribution in [3.63, 3.8) is 0 Å². The van der Waals surface area contributed by atoms with Gasteiger partial charge in [-0.25, -0.2) is 5.43 Å². The molecule has 1 rings (SSSR count). The van der Waals surface area contributed by atoms with Crippen molar-refractivity contribution in [3.05, 3.63) is 17.7 Å². The Hall–Kier alpha value is -2.48. The summed E-state index contributed by atoms with van der Waals surface area (Å²) >= 11 is 0. The molecule has 2 amide bonds. The zero-order valence-electron chi connectivity index (χ0n) is 14.0. The highest BCUT2D eigenvalue weighted by atomic mass is 16.5. The molecule has 1 aromatic carbocycles. The van der Waals surface area contributed by atoms with Crippen molar-refractivity contribution in [3.8, 4) is 17.2 Å². The Bertz CT molecular complexity index is 535. The van der Waals surface area contributed by atoms with Crippen LogP contribution in [0.5, 0.6) is 17.2 Å². The van der Waals surface area contributed by atoms with Crippen molar-refractivity contribution >= 4 is 11.8 Å². The zero-order chi connectivity index (χ0) is 17.4. The minimum Gasteiger partial charge on any atom is -0.493 e. The van der Waals surface area contributed by atoms with Crippen molar-refractivity contribution in [2.24, 2.45) is 0 Å². The number of methoxy groups -OCH3 is 3. The average molecular weight is 325 g/mol. The van der Waals surface area contributed by atoms with Crippen molar-refractivity contribution in [2.45, 2.75) is 19.9 Å². The van der Waals surface area contributed by atoms with E-state index in [0.717, 1.165) is 0 Å². The molecule has 0 fully saturated rings. The molecular weight excluding hydrogens is 302 g/mol. The smallest absolute Gasteiger partial charge is 0.253 e. The topological polar surface area (TPSA) is 97.9 Å². The second-order valence-corrected chi connectivity index (χ2v) is 4.94. The number of hydrogen-bond acceptors (Lipinski definition) is 6. The molecule has 0 aliphatic rings. The van der Waals surface area contributed by atoms with E-state index in [4.69, 9.17) is 14.2 Å². The maximum absolute atomic E-state index is 12.2. The van der Waals surface area contributed by atoms with Crippen LogP contribution in [-0.4, -0.2) is 45.7 Å². The van der Waals surface area contributed by atoms with Crippen LogP contribution < -0.4 is 30.4 Å². The van der Waals surface area contributed by atoms with Crippen LogP contribution in [0.4, 0.5) is 0 Å². The first-order valence-corrected chi connectivity index (χ1v) is 7.05. The SMILES string of the molecule is COc1cc(C(=O)NCC(=O)NNC(C)C)cc(OC)c1OC. The molecule has 0 spiro atoms. The van der Waals surface area contributed by atoms with Gasteiger partial charge in [0.15, 0.2) is 11.5 Å². The molecule has 23 heavy (non-hydrogen) atoms. The van der Waals surface area contributed by atoms with Crippen molar-refractivity contribution in [2.75, 3.05) is 27.9 Å². The molecule has 0 aromatic heterocycles. The first-order valence-electron chi connectivity index (χ1n) is 7.05. The Morgan fingerprint density at radius 3 is 2.04 bits per heavy atom. The largest absolute Gasteiger partial charge is 0.493 e. The van der Waals surface area contributed by atoms with E-state index < -0.39 is 5.91 Å². The number of rotatable bonds is 8. The first-order chi connectivity index (χ1) is 10.9. The number of hydrogen-bond donors (Lipinski definition) is 3. The van der Waals surface area contributed by atoms with E-state index in [1.54, 1.807) is 0 Å². The van der Waals surface area contributed by atoms with Gasteiger partial charge in [-0.15, -0.1) is 0 Å². The number of carbonyl (C=O) groups excluding carboxylic acids is 2. The van der Waals surface area contributed by atoms with Gasteiger partial charge in [0.2, 0.25) is 5.75 Å². The summed E-state index contributed by atoms with van der Waals surface area (Å²) in [6.07, 6.45) is 0. The van der Waals surface area contributed by atoms with Gasteiger partial charge in [-0.3, -0.25) is 15.0 Å². The summed E-state index contributed by atoms with van der Waals surface area (Å²) in [6.45, 7) is 3.61. The minimum atomic E-state index is -0.427. The lowest BCUT2D eigenvalue weighted by atomic mass is 10.1. The summed E-state index contributed by atoms with van der Waals surface area (Å²) in [6, 6.07) is 3.13. The molecule has 0 saturated carbocycles. The van der Waals surface area contributed by atoms with E-state index in [9.17, 15) is 9.59 Å². The molecule has 0 heterocycles. The molecular formula is C15H23N3O5. The lowest BCUT2D eigenvalue weighted by molar-refractivity contribution is -0.121. The van der Waals surface area contributed by atoms with Crippen LogP contribution in [0, 0.1) is 0 Å². The van der Waals surface area contributed by atoms with E-state index in [1.807, 2.05) is 13.8 Å². The summed E-state index contributed by atoms with van der Waals surface area (Å²) in [4.78, 5) is 23.7. The summed E-state index contributed by atoms with van der Waals surface area (Å²) in [7, 11) is 4.40.